The molecule has 3 rings (SSSR count). The zero-order valence-electron chi connectivity index (χ0n) is 13.7. The van der Waals surface area contributed by atoms with Crippen LogP contribution in [0.2, 0.25) is 0 Å². The van der Waals surface area contributed by atoms with Crippen LogP contribution in [-0.4, -0.2) is 19.0 Å². The Morgan fingerprint density at radius 2 is 1.88 bits per heavy atom. The average Bonchev–Trinajstić information content (AvgIpc) is 2.63. The highest BCUT2D eigenvalue weighted by molar-refractivity contribution is 6.06. The highest BCUT2D eigenvalue weighted by Crippen LogP contribution is 2.28. The molecule has 0 bridgehead atoms. The highest BCUT2D eigenvalue weighted by Gasteiger charge is 2.16. The van der Waals surface area contributed by atoms with Crippen molar-refractivity contribution in [1.29, 1.82) is 5.26 Å². The number of anilines is 2. The van der Waals surface area contributed by atoms with E-state index in [0.717, 1.165) is 30.0 Å². The summed E-state index contributed by atoms with van der Waals surface area (Å²) >= 11 is 0. The van der Waals surface area contributed by atoms with Crippen LogP contribution in [-0.2, 0) is 6.42 Å². The summed E-state index contributed by atoms with van der Waals surface area (Å²) in [6, 6.07) is 17.3. The Bertz CT molecular complexity index is 757. The molecule has 1 aliphatic heterocycles. The number of nitriles is 1. The van der Waals surface area contributed by atoms with E-state index in [4.69, 9.17) is 5.26 Å². The molecule has 1 amide bonds. The van der Waals surface area contributed by atoms with Gasteiger partial charge in [-0.1, -0.05) is 24.3 Å². The smallest absolute Gasteiger partial charge is 0.255 e. The first-order valence-electron chi connectivity index (χ1n) is 8.39. The number of benzene rings is 2. The molecule has 4 heteroatoms. The maximum atomic E-state index is 12.6. The average molecular weight is 319 g/mol. The maximum Gasteiger partial charge on any atom is 0.255 e. The number of carbonyl (C=O) groups excluding carboxylic acids is 1. The van der Waals surface area contributed by atoms with Crippen molar-refractivity contribution in [3.8, 4) is 6.07 Å². The van der Waals surface area contributed by atoms with E-state index in [1.165, 1.54) is 19.3 Å². The molecule has 24 heavy (non-hydrogen) atoms. The molecule has 0 radical (unpaired) electrons. The Hall–Kier alpha value is -2.80. The van der Waals surface area contributed by atoms with E-state index in [1.807, 2.05) is 30.3 Å². The van der Waals surface area contributed by atoms with E-state index in [9.17, 15) is 4.79 Å². The van der Waals surface area contributed by atoms with Crippen LogP contribution < -0.4 is 10.2 Å². The molecule has 0 unspecified atom stereocenters. The van der Waals surface area contributed by atoms with Gasteiger partial charge in [0.05, 0.1) is 23.9 Å². The Morgan fingerprint density at radius 1 is 1.08 bits per heavy atom. The van der Waals surface area contributed by atoms with Crippen molar-refractivity contribution in [2.75, 3.05) is 23.3 Å². The summed E-state index contributed by atoms with van der Waals surface area (Å²) in [7, 11) is 0. The standard InChI is InChI=1S/C20H21N3O/c21-12-11-16-7-6-8-17(15-16)20(24)22-18-9-2-3-10-19(18)23-13-4-1-5-14-23/h2-3,6-10,15H,1,4-5,11,13-14H2,(H,22,24). The van der Waals surface area contributed by atoms with Crippen LogP contribution in [0.4, 0.5) is 11.4 Å². The minimum atomic E-state index is -0.140. The molecule has 1 heterocycles. The van der Waals surface area contributed by atoms with E-state index in [2.05, 4.69) is 22.4 Å². The summed E-state index contributed by atoms with van der Waals surface area (Å²) < 4.78 is 0. The molecule has 1 fully saturated rings. The minimum Gasteiger partial charge on any atom is -0.370 e. The summed E-state index contributed by atoms with van der Waals surface area (Å²) in [4.78, 5) is 14.9. The van der Waals surface area contributed by atoms with Crippen molar-refractivity contribution >= 4 is 17.3 Å². The number of rotatable bonds is 4. The van der Waals surface area contributed by atoms with Crippen molar-refractivity contribution in [1.82, 2.24) is 0 Å². The van der Waals surface area contributed by atoms with E-state index in [-0.39, 0.29) is 5.91 Å². The molecule has 0 saturated carbocycles. The molecule has 2 aromatic carbocycles. The summed E-state index contributed by atoms with van der Waals surface area (Å²) in [6.07, 6.45) is 3.97. The number of para-hydroxylation sites is 2. The Morgan fingerprint density at radius 3 is 2.67 bits per heavy atom. The first-order chi connectivity index (χ1) is 11.8. The lowest BCUT2D eigenvalue weighted by atomic mass is 10.1. The minimum absolute atomic E-state index is 0.140. The lowest BCUT2D eigenvalue weighted by Crippen LogP contribution is -2.30. The second-order valence-electron chi connectivity index (χ2n) is 6.05. The monoisotopic (exact) mass is 319 g/mol. The van der Waals surface area contributed by atoms with Gasteiger partial charge in [0.25, 0.3) is 5.91 Å². The fourth-order valence-electron chi connectivity index (χ4n) is 3.10. The topological polar surface area (TPSA) is 56.1 Å². The van der Waals surface area contributed by atoms with Gasteiger partial charge < -0.3 is 10.2 Å². The highest BCUT2D eigenvalue weighted by atomic mass is 16.1. The zero-order valence-corrected chi connectivity index (χ0v) is 13.7. The van der Waals surface area contributed by atoms with Crippen LogP contribution in [0.15, 0.2) is 48.5 Å². The van der Waals surface area contributed by atoms with E-state index in [1.54, 1.807) is 12.1 Å². The summed E-state index contributed by atoms with van der Waals surface area (Å²) in [5.74, 6) is -0.140. The van der Waals surface area contributed by atoms with Crippen molar-refractivity contribution in [2.45, 2.75) is 25.7 Å². The third-order valence-electron chi connectivity index (χ3n) is 4.32. The lowest BCUT2D eigenvalue weighted by Gasteiger charge is -2.30. The predicted octanol–water partition coefficient (Wildman–Crippen LogP) is 4.00. The van der Waals surface area contributed by atoms with E-state index >= 15 is 0 Å². The van der Waals surface area contributed by atoms with Gasteiger partial charge in [-0.15, -0.1) is 0 Å². The number of carbonyl (C=O) groups is 1. The van der Waals surface area contributed by atoms with Gasteiger partial charge in [0, 0.05) is 18.7 Å². The van der Waals surface area contributed by atoms with Gasteiger partial charge in [0.2, 0.25) is 0 Å². The molecule has 0 atom stereocenters. The third-order valence-corrected chi connectivity index (χ3v) is 4.32. The molecule has 0 aliphatic carbocycles. The van der Waals surface area contributed by atoms with Gasteiger partial charge >= 0.3 is 0 Å². The molecule has 1 saturated heterocycles. The zero-order chi connectivity index (χ0) is 16.8. The van der Waals surface area contributed by atoms with Gasteiger partial charge in [0.1, 0.15) is 0 Å². The number of hydrogen-bond acceptors (Lipinski definition) is 3. The Kier molecular flexibility index (Phi) is 5.12. The maximum absolute atomic E-state index is 12.6. The van der Waals surface area contributed by atoms with Crippen molar-refractivity contribution in [2.24, 2.45) is 0 Å². The quantitative estimate of drug-likeness (QED) is 0.927. The Balaban J connectivity index is 1.79. The number of nitrogens with zero attached hydrogens (tertiary/aromatic N) is 2. The normalized spacial score (nSPS) is 14.0. The SMILES string of the molecule is N#CCc1cccc(C(=O)Nc2ccccc2N2CCCCC2)c1. The number of piperidine rings is 1. The summed E-state index contributed by atoms with van der Waals surface area (Å²) in [6.45, 7) is 2.06. The van der Waals surface area contributed by atoms with Gasteiger partial charge in [-0.3, -0.25) is 4.79 Å². The molecule has 2 aromatic rings. The molecule has 0 aromatic heterocycles. The molecule has 4 nitrogen and oxygen atoms in total. The molecular weight excluding hydrogens is 298 g/mol. The molecule has 122 valence electrons. The van der Waals surface area contributed by atoms with Crippen molar-refractivity contribution in [3.63, 3.8) is 0 Å². The van der Waals surface area contributed by atoms with Crippen LogP contribution in [0.25, 0.3) is 0 Å². The van der Waals surface area contributed by atoms with Gasteiger partial charge in [-0.05, 0) is 49.1 Å². The molecule has 1 aliphatic rings. The third kappa shape index (κ3) is 3.75. The predicted molar refractivity (Wildman–Crippen MR) is 96.2 cm³/mol. The summed E-state index contributed by atoms with van der Waals surface area (Å²) in [5.41, 5.74) is 3.36. The van der Waals surface area contributed by atoms with Crippen LogP contribution in [0.3, 0.4) is 0 Å². The fraction of sp³-hybridized carbons (Fsp3) is 0.300. The van der Waals surface area contributed by atoms with Crippen molar-refractivity contribution in [3.05, 3.63) is 59.7 Å². The largest absolute Gasteiger partial charge is 0.370 e. The van der Waals surface area contributed by atoms with E-state index in [0.29, 0.717) is 12.0 Å². The molecule has 1 N–H and O–H groups in total. The molecule has 0 spiro atoms. The van der Waals surface area contributed by atoms with Crippen molar-refractivity contribution < 1.29 is 4.79 Å². The fourth-order valence-corrected chi connectivity index (χ4v) is 3.10. The first kappa shape index (κ1) is 16.1. The van der Waals surface area contributed by atoms with Crippen LogP contribution in [0.5, 0.6) is 0 Å². The van der Waals surface area contributed by atoms with Gasteiger partial charge in [0.15, 0.2) is 0 Å². The summed E-state index contributed by atoms with van der Waals surface area (Å²) in [5, 5.41) is 11.8. The molecular formula is C20H21N3O. The van der Waals surface area contributed by atoms with E-state index < -0.39 is 0 Å². The van der Waals surface area contributed by atoms with Crippen LogP contribution in [0, 0.1) is 11.3 Å². The number of nitrogens with one attached hydrogen (secondary N) is 1. The number of hydrogen-bond donors (Lipinski definition) is 1. The second-order valence-corrected chi connectivity index (χ2v) is 6.05. The second kappa shape index (κ2) is 7.65. The lowest BCUT2D eigenvalue weighted by molar-refractivity contribution is 0.102. The van der Waals surface area contributed by atoms with Crippen LogP contribution in [0.1, 0.15) is 35.2 Å². The number of amides is 1. The Labute approximate surface area is 142 Å². The van der Waals surface area contributed by atoms with Gasteiger partial charge in [-0.2, -0.15) is 5.26 Å². The van der Waals surface area contributed by atoms with Crippen LogP contribution >= 0.6 is 0 Å². The first-order valence-corrected chi connectivity index (χ1v) is 8.39. The van der Waals surface area contributed by atoms with Gasteiger partial charge in [-0.25, -0.2) is 0 Å².